The third kappa shape index (κ3) is 2.91. The molecule has 1 aliphatic rings. The fourth-order valence-corrected chi connectivity index (χ4v) is 3.27. The Balaban J connectivity index is 1.62. The van der Waals surface area contributed by atoms with Crippen molar-refractivity contribution >= 4 is 22.9 Å². The molecule has 2 N–H and O–H groups in total. The molecule has 2 atom stereocenters. The van der Waals surface area contributed by atoms with Gasteiger partial charge in [0, 0.05) is 13.6 Å². The van der Waals surface area contributed by atoms with Crippen LogP contribution in [0.5, 0.6) is 0 Å². The largest absolute Gasteiger partial charge is 0.481 e. The zero-order valence-electron chi connectivity index (χ0n) is 13.8. The first-order chi connectivity index (χ1) is 11.5. The van der Waals surface area contributed by atoms with Crippen LogP contribution >= 0.6 is 0 Å². The molecular weight excluding hydrogens is 310 g/mol. The molecule has 2 aromatic rings. The molecule has 0 bridgehead atoms. The van der Waals surface area contributed by atoms with Crippen molar-refractivity contribution in [1.82, 2.24) is 24.9 Å². The third-order valence-corrected chi connectivity index (χ3v) is 4.52. The number of rotatable bonds is 5. The second kappa shape index (κ2) is 6.46. The molecule has 2 heterocycles. The summed E-state index contributed by atoms with van der Waals surface area (Å²) in [5.41, 5.74) is 2.79. The number of carboxylic acid groups (broad SMARTS) is 1. The summed E-state index contributed by atoms with van der Waals surface area (Å²) < 4.78 is 3.59. The number of carboxylic acids is 1. The summed E-state index contributed by atoms with van der Waals surface area (Å²) >= 11 is 0. The highest BCUT2D eigenvalue weighted by molar-refractivity contribution is 5.85. The van der Waals surface area contributed by atoms with Gasteiger partial charge in [-0.05, 0) is 19.8 Å². The monoisotopic (exact) mass is 331 g/mol. The number of amides is 1. The van der Waals surface area contributed by atoms with Gasteiger partial charge in [-0.25, -0.2) is 0 Å². The number of nitrogens with zero attached hydrogens (tertiary/aromatic N) is 4. The minimum absolute atomic E-state index is 0.210. The van der Waals surface area contributed by atoms with Crippen molar-refractivity contribution in [3.63, 3.8) is 0 Å². The Hall–Kier alpha value is -2.64. The number of aliphatic carboxylic acids is 1. The van der Waals surface area contributed by atoms with Crippen molar-refractivity contribution < 1.29 is 14.7 Å². The minimum Gasteiger partial charge on any atom is -0.481 e. The Morgan fingerprint density at radius 1 is 1.33 bits per heavy atom. The van der Waals surface area contributed by atoms with Crippen LogP contribution in [-0.4, -0.2) is 43.1 Å². The molecule has 1 aliphatic carbocycles. The van der Waals surface area contributed by atoms with E-state index in [0.29, 0.717) is 25.9 Å². The summed E-state index contributed by atoms with van der Waals surface area (Å²) in [6.07, 6.45) is 6.33. The summed E-state index contributed by atoms with van der Waals surface area (Å²) in [6.45, 7) is 2.84. The van der Waals surface area contributed by atoms with Gasteiger partial charge in [-0.15, -0.1) is 0 Å². The van der Waals surface area contributed by atoms with E-state index in [1.54, 1.807) is 10.9 Å². The molecule has 24 heavy (non-hydrogen) atoms. The first-order valence-corrected chi connectivity index (χ1v) is 7.99. The second-order valence-electron chi connectivity index (χ2n) is 6.10. The molecule has 0 aromatic carbocycles. The molecule has 0 aliphatic heterocycles. The van der Waals surface area contributed by atoms with E-state index in [-0.39, 0.29) is 5.91 Å². The number of carbonyl (C=O) groups is 2. The lowest BCUT2D eigenvalue weighted by molar-refractivity contribution is -0.147. The number of hydrogen-bond donors (Lipinski definition) is 2. The molecule has 0 saturated carbocycles. The van der Waals surface area contributed by atoms with Gasteiger partial charge in [0.1, 0.15) is 11.0 Å². The van der Waals surface area contributed by atoms with Crippen molar-refractivity contribution in [3.8, 4) is 0 Å². The van der Waals surface area contributed by atoms with Crippen LogP contribution in [0.25, 0.3) is 11.0 Å². The SMILES string of the molecule is Cc1nn(C)c2cnn(CCNC(=O)[C@H]3CC=CC[C@@H]3C(=O)O)c12. The summed E-state index contributed by atoms with van der Waals surface area (Å²) in [7, 11) is 1.87. The van der Waals surface area contributed by atoms with Crippen molar-refractivity contribution in [2.24, 2.45) is 18.9 Å². The quantitative estimate of drug-likeness (QED) is 0.791. The lowest BCUT2D eigenvalue weighted by atomic mass is 9.82. The lowest BCUT2D eigenvalue weighted by Gasteiger charge is -2.24. The van der Waals surface area contributed by atoms with Gasteiger partial charge >= 0.3 is 5.97 Å². The molecule has 0 radical (unpaired) electrons. The van der Waals surface area contributed by atoms with E-state index >= 15 is 0 Å². The average Bonchev–Trinajstić information content (AvgIpc) is 3.10. The van der Waals surface area contributed by atoms with E-state index in [2.05, 4.69) is 15.5 Å². The van der Waals surface area contributed by atoms with Crippen LogP contribution in [0.2, 0.25) is 0 Å². The van der Waals surface area contributed by atoms with E-state index in [0.717, 1.165) is 16.7 Å². The molecule has 2 aromatic heterocycles. The van der Waals surface area contributed by atoms with Crippen LogP contribution in [-0.2, 0) is 23.2 Å². The number of allylic oxidation sites excluding steroid dienone is 2. The zero-order valence-corrected chi connectivity index (χ0v) is 13.8. The highest BCUT2D eigenvalue weighted by atomic mass is 16.4. The molecule has 1 amide bonds. The van der Waals surface area contributed by atoms with Gasteiger partial charge < -0.3 is 10.4 Å². The second-order valence-corrected chi connectivity index (χ2v) is 6.10. The van der Waals surface area contributed by atoms with E-state index < -0.39 is 17.8 Å². The predicted molar refractivity (Wildman–Crippen MR) is 87.2 cm³/mol. The van der Waals surface area contributed by atoms with E-state index in [1.165, 1.54) is 0 Å². The molecule has 0 spiro atoms. The van der Waals surface area contributed by atoms with Crippen LogP contribution < -0.4 is 5.32 Å². The highest BCUT2D eigenvalue weighted by Gasteiger charge is 2.33. The van der Waals surface area contributed by atoms with Gasteiger partial charge in [0.15, 0.2) is 0 Å². The molecule has 8 nitrogen and oxygen atoms in total. The van der Waals surface area contributed by atoms with Gasteiger partial charge in [0.05, 0.1) is 30.3 Å². The summed E-state index contributed by atoms with van der Waals surface area (Å²) in [6, 6.07) is 0. The molecular formula is C16H21N5O3. The zero-order chi connectivity index (χ0) is 17.3. The van der Waals surface area contributed by atoms with Crippen molar-refractivity contribution in [2.75, 3.05) is 6.54 Å². The Kier molecular flexibility index (Phi) is 4.37. The maximum atomic E-state index is 12.3. The highest BCUT2D eigenvalue weighted by Crippen LogP contribution is 2.26. The summed E-state index contributed by atoms with van der Waals surface area (Å²) in [4.78, 5) is 23.6. The van der Waals surface area contributed by atoms with Crippen molar-refractivity contribution in [3.05, 3.63) is 24.0 Å². The molecule has 0 fully saturated rings. The molecule has 0 saturated heterocycles. The van der Waals surface area contributed by atoms with Gasteiger partial charge in [0.25, 0.3) is 0 Å². The van der Waals surface area contributed by atoms with Crippen molar-refractivity contribution in [2.45, 2.75) is 26.3 Å². The third-order valence-electron chi connectivity index (χ3n) is 4.52. The van der Waals surface area contributed by atoms with Crippen LogP contribution in [0.3, 0.4) is 0 Å². The van der Waals surface area contributed by atoms with Gasteiger partial charge in [-0.1, -0.05) is 12.2 Å². The standard InChI is InChI=1S/C16H21N5O3/c1-10-14-13(20(2)19-10)9-18-21(14)8-7-17-15(22)11-5-3-4-6-12(11)16(23)24/h3-4,9,11-12H,5-8H2,1-2H3,(H,17,22)(H,23,24)/t11-,12-/m0/s1. The summed E-state index contributed by atoms with van der Waals surface area (Å²) in [5, 5.41) is 20.8. The van der Waals surface area contributed by atoms with E-state index in [4.69, 9.17) is 0 Å². The smallest absolute Gasteiger partial charge is 0.307 e. The minimum atomic E-state index is -0.917. The Labute approximate surface area is 139 Å². The normalized spacial score (nSPS) is 20.4. The van der Waals surface area contributed by atoms with Crippen LogP contribution in [0.1, 0.15) is 18.5 Å². The molecule has 0 unspecified atom stereocenters. The Morgan fingerprint density at radius 2 is 2.04 bits per heavy atom. The van der Waals surface area contributed by atoms with Gasteiger partial charge in [-0.2, -0.15) is 10.2 Å². The number of fused-ring (bicyclic) bond motifs is 1. The Bertz CT molecular complexity index is 804. The fraction of sp³-hybridized carbons (Fsp3) is 0.500. The number of nitrogens with one attached hydrogen (secondary N) is 1. The van der Waals surface area contributed by atoms with Crippen LogP contribution in [0.15, 0.2) is 18.3 Å². The first-order valence-electron chi connectivity index (χ1n) is 7.99. The van der Waals surface area contributed by atoms with Crippen LogP contribution in [0.4, 0.5) is 0 Å². The molecule has 3 rings (SSSR count). The molecule has 128 valence electrons. The predicted octanol–water partition coefficient (Wildman–Crippen LogP) is 0.861. The van der Waals surface area contributed by atoms with Gasteiger partial charge in [-0.3, -0.25) is 19.0 Å². The van der Waals surface area contributed by atoms with Crippen molar-refractivity contribution in [1.29, 1.82) is 0 Å². The summed E-state index contributed by atoms with van der Waals surface area (Å²) in [5.74, 6) is -2.28. The number of aromatic nitrogens is 4. The maximum absolute atomic E-state index is 12.3. The van der Waals surface area contributed by atoms with Gasteiger partial charge in [0.2, 0.25) is 5.91 Å². The number of carbonyl (C=O) groups excluding carboxylic acids is 1. The van der Waals surface area contributed by atoms with E-state index in [9.17, 15) is 14.7 Å². The number of hydrogen-bond acceptors (Lipinski definition) is 4. The Morgan fingerprint density at radius 3 is 2.75 bits per heavy atom. The average molecular weight is 331 g/mol. The van der Waals surface area contributed by atoms with Crippen LogP contribution in [0, 0.1) is 18.8 Å². The maximum Gasteiger partial charge on any atom is 0.307 e. The lowest BCUT2D eigenvalue weighted by Crippen LogP contribution is -2.39. The molecule has 8 heteroatoms. The van der Waals surface area contributed by atoms with E-state index in [1.807, 2.05) is 30.8 Å². The first kappa shape index (κ1) is 16.2. The topological polar surface area (TPSA) is 102 Å². The number of aryl methyl sites for hydroxylation is 2. The fourth-order valence-electron chi connectivity index (χ4n) is 3.27.